The van der Waals surface area contributed by atoms with E-state index < -0.39 is 0 Å². The molecule has 18 heavy (non-hydrogen) atoms. The average Bonchev–Trinajstić information content (AvgIpc) is 2.39. The first-order valence-corrected chi connectivity index (χ1v) is 5.54. The smallest absolute Gasteiger partial charge is 0.409 e. The predicted octanol–water partition coefficient (Wildman–Crippen LogP) is 2.21. The maximum Gasteiger partial charge on any atom is 0.409 e. The maximum atomic E-state index is 11.4. The summed E-state index contributed by atoms with van der Waals surface area (Å²) >= 11 is 0. The topological polar surface area (TPSA) is 48.0 Å². The summed E-state index contributed by atoms with van der Waals surface area (Å²) in [6.45, 7) is 2.37. The average molecular weight is 253 g/mol. The standard InChI is InChI=1S/C13H19NO4/c1-9-6-10(16-3)7-12(17-4)11(9)8-14(2)13(15)18-5/h6-7H,8H2,1-5H3. The Kier molecular flexibility index (Phi) is 4.83. The van der Waals surface area contributed by atoms with Gasteiger partial charge >= 0.3 is 6.09 Å². The van der Waals surface area contributed by atoms with Crippen LogP contribution in [0.2, 0.25) is 0 Å². The Hall–Kier alpha value is -1.91. The van der Waals surface area contributed by atoms with Crippen LogP contribution in [0.1, 0.15) is 11.1 Å². The molecule has 5 nitrogen and oxygen atoms in total. The number of rotatable bonds is 4. The molecule has 1 rings (SSSR count). The summed E-state index contributed by atoms with van der Waals surface area (Å²) < 4.78 is 15.2. The Balaban J connectivity index is 3.04. The Morgan fingerprint density at radius 1 is 1.22 bits per heavy atom. The zero-order valence-corrected chi connectivity index (χ0v) is 11.4. The third kappa shape index (κ3) is 3.06. The molecule has 0 atom stereocenters. The number of amides is 1. The van der Waals surface area contributed by atoms with Crippen molar-refractivity contribution in [3.05, 3.63) is 23.3 Å². The van der Waals surface area contributed by atoms with E-state index in [1.54, 1.807) is 27.3 Å². The maximum absolute atomic E-state index is 11.4. The highest BCUT2D eigenvalue weighted by Gasteiger charge is 2.15. The van der Waals surface area contributed by atoms with Gasteiger partial charge < -0.3 is 19.1 Å². The summed E-state index contributed by atoms with van der Waals surface area (Å²) in [5.74, 6) is 1.43. The van der Waals surface area contributed by atoms with Crippen LogP contribution < -0.4 is 9.47 Å². The van der Waals surface area contributed by atoms with Crippen molar-refractivity contribution in [2.24, 2.45) is 0 Å². The zero-order valence-electron chi connectivity index (χ0n) is 11.4. The van der Waals surface area contributed by atoms with Gasteiger partial charge in [-0.2, -0.15) is 0 Å². The zero-order chi connectivity index (χ0) is 13.7. The molecule has 0 spiro atoms. The highest BCUT2D eigenvalue weighted by atomic mass is 16.5. The molecule has 0 saturated heterocycles. The van der Waals surface area contributed by atoms with Gasteiger partial charge in [0.25, 0.3) is 0 Å². The quantitative estimate of drug-likeness (QED) is 0.825. The summed E-state index contributed by atoms with van der Waals surface area (Å²) in [5.41, 5.74) is 1.94. The first-order valence-electron chi connectivity index (χ1n) is 5.54. The fourth-order valence-corrected chi connectivity index (χ4v) is 1.71. The summed E-state index contributed by atoms with van der Waals surface area (Å²) in [5, 5.41) is 0. The van der Waals surface area contributed by atoms with E-state index >= 15 is 0 Å². The molecule has 0 aromatic heterocycles. The highest BCUT2D eigenvalue weighted by molar-refractivity contribution is 5.67. The lowest BCUT2D eigenvalue weighted by Crippen LogP contribution is -2.26. The van der Waals surface area contributed by atoms with Crippen molar-refractivity contribution in [1.29, 1.82) is 0 Å². The minimum Gasteiger partial charge on any atom is -0.497 e. The second-order valence-corrected chi connectivity index (χ2v) is 3.95. The minimum atomic E-state index is -0.382. The van der Waals surface area contributed by atoms with Crippen LogP contribution in [0.25, 0.3) is 0 Å². The van der Waals surface area contributed by atoms with Crippen molar-refractivity contribution in [2.75, 3.05) is 28.4 Å². The Morgan fingerprint density at radius 3 is 2.39 bits per heavy atom. The van der Waals surface area contributed by atoms with E-state index in [1.165, 1.54) is 12.0 Å². The molecule has 5 heteroatoms. The van der Waals surface area contributed by atoms with Gasteiger partial charge in [-0.15, -0.1) is 0 Å². The number of carbonyl (C=O) groups excluding carboxylic acids is 1. The van der Waals surface area contributed by atoms with Crippen LogP contribution in [0, 0.1) is 6.92 Å². The highest BCUT2D eigenvalue weighted by Crippen LogP contribution is 2.29. The number of hydrogen-bond donors (Lipinski definition) is 0. The van der Waals surface area contributed by atoms with E-state index in [9.17, 15) is 4.79 Å². The second-order valence-electron chi connectivity index (χ2n) is 3.95. The van der Waals surface area contributed by atoms with E-state index in [0.717, 1.165) is 16.9 Å². The predicted molar refractivity (Wildman–Crippen MR) is 68.2 cm³/mol. The molecule has 0 bridgehead atoms. The molecule has 100 valence electrons. The molecule has 0 fully saturated rings. The van der Waals surface area contributed by atoms with Crippen LogP contribution >= 0.6 is 0 Å². The normalized spacial score (nSPS) is 9.83. The lowest BCUT2D eigenvalue weighted by molar-refractivity contribution is 0.131. The van der Waals surface area contributed by atoms with Crippen molar-refractivity contribution in [2.45, 2.75) is 13.5 Å². The first kappa shape index (κ1) is 14.2. The SMILES string of the molecule is COC(=O)N(C)Cc1c(C)cc(OC)cc1OC. The molecule has 0 N–H and O–H groups in total. The number of nitrogens with zero attached hydrogens (tertiary/aromatic N) is 1. The van der Waals surface area contributed by atoms with Gasteiger partial charge in [-0.1, -0.05) is 0 Å². The van der Waals surface area contributed by atoms with Crippen LogP contribution in [-0.2, 0) is 11.3 Å². The number of hydrogen-bond acceptors (Lipinski definition) is 4. The molecule has 0 heterocycles. The molecule has 0 saturated carbocycles. The number of benzene rings is 1. The van der Waals surface area contributed by atoms with Crippen LogP contribution in [-0.4, -0.2) is 39.4 Å². The monoisotopic (exact) mass is 253 g/mol. The Labute approximate surface area is 107 Å². The van der Waals surface area contributed by atoms with Crippen molar-refractivity contribution in [3.63, 3.8) is 0 Å². The van der Waals surface area contributed by atoms with E-state index in [4.69, 9.17) is 9.47 Å². The molecule has 0 radical (unpaired) electrons. The number of carbonyl (C=O) groups is 1. The summed E-state index contributed by atoms with van der Waals surface area (Å²) in [6.07, 6.45) is -0.382. The van der Waals surface area contributed by atoms with Gasteiger partial charge in [0.05, 0.1) is 27.9 Å². The van der Waals surface area contributed by atoms with Gasteiger partial charge in [0, 0.05) is 18.7 Å². The minimum absolute atomic E-state index is 0.382. The van der Waals surface area contributed by atoms with Crippen LogP contribution in [0.3, 0.4) is 0 Å². The van der Waals surface area contributed by atoms with E-state index in [0.29, 0.717) is 12.3 Å². The lowest BCUT2D eigenvalue weighted by Gasteiger charge is -2.19. The van der Waals surface area contributed by atoms with Crippen LogP contribution in [0.4, 0.5) is 4.79 Å². The van der Waals surface area contributed by atoms with Crippen LogP contribution in [0.5, 0.6) is 11.5 Å². The first-order chi connectivity index (χ1) is 8.53. The number of ether oxygens (including phenoxy) is 3. The van der Waals surface area contributed by atoms with Crippen LogP contribution in [0.15, 0.2) is 12.1 Å². The molecule has 0 aliphatic rings. The lowest BCUT2D eigenvalue weighted by atomic mass is 10.1. The largest absolute Gasteiger partial charge is 0.497 e. The molecule has 1 aromatic carbocycles. The molecule has 0 unspecified atom stereocenters. The van der Waals surface area contributed by atoms with Gasteiger partial charge in [0.1, 0.15) is 11.5 Å². The van der Waals surface area contributed by atoms with E-state index in [2.05, 4.69) is 4.74 Å². The molecular formula is C13H19NO4. The summed E-state index contributed by atoms with van der Waals surface area (Å²) in [7, 11) is 6.23. The Morgan fingerprint density at radius 2 is 1.89 bits per heavy atom. The van der Waals surface area contributed by atoms with Gasteiger partial charge in [-0.05, 0) is 18.6 Å². The fraction of sp³-hybridized carbons (Fsp3) is 0.462. The van der Waals surface area contributed by atoms with Gasteiger partial charge in [-0.25, -0.2) is 4.79 Å². The van der Waals surface area contributed by atoms with Gasteiger partial charge in [-0.3, -0.25) is 0 Å². The van der Waals surface area contributed by atoms with Crippen molar-refractivity contribution < 1.29 is 19.0 Å². The van der Waals surface area contributed by atoms with Gasteiger partial charge in [0.15, 0.2) is 0 Å². The number of methoxy groups -OCH3 is 3. The molecule has 1 amide bonds. The molecule has 0 aliphatic carbocycles. The van der Waals surface area contributed by atoms with E-state index in [1.807, 2.05) is 13.0 Å². The number of aryl methyl sites for hydroxylation is 1. The Bertz CT molecular complexity index is 431. The van der Waals surface area contributed by atoms with Gasteiger partial charge in [0.2, 0.25) is 0 Å². The molecule has 0 aliphatic heterocycles. The summed E-state index contributed by atoms with van der Waals surface area (Å²) in [6, 6.07) is 3.70. The molecule has 1 aromatic rings. The third-order valence-electron chi connectivity index (χ3n) is 2.74. The molecular weight excluding hydrogens is 234 g/mol. The van der Waals surface area contributed by atoms with Crippen molar-refractivity contribution in [1.82, 2.24) is 4.90 Å². The fourth-order valence-electron chi connectivity index (χ4n) is 1.71. The second kappa shape index (κ2) is 6.14. The van der Waals surface area contributed by atoms with Crippen molar-refractivity contribution in [3.8, 4) is 11.5 Å². The van der Waals surface area contributed by atoms with E-state index in [-0.39, 0.29) is 6.09 Å². The summed E-state index contributed by atoms with van der Waals surface area (Å²) in [4.78, 5) is 12.9. The van der Waals surface area contributed by atoms with Crippen molar-refractivity contribution >= 4 is 6.09 Å². The third-order valence-corrected chi connectivity index (χ3v) is 2.74.